The minimum Gasteiger partial charge on any atom is -0.531 e. The topological polar surface area (TPSA) is 55.8 Å². The van der Waals surface area contributed by atoms with E-state index in [1.54, 1.807) is 18.8 Å². The summed E-state index contributed by atoms with van der Waals surface area (Å²) in [6.07, 6.45) is 8.02. The number of hydrogen-bond donors (Lipinski definition) is 0. The second-order valence-corrected chi connectivity index (χ2v) is 4.55. The number of hydrogen-bond acceptors (Lipinski definition) is 5. The molecule has 0 aliphatic rings. The van der Waals surface area contributed by atoms with E-state index in [1.807, 2.05) is 18.1 Å². The lowest BCUT2D eigenvalue weighted by molar-refractivity contribution is -0.142. The van der Waals surface area contributed by atoms with Crippen molar-refractivity contribution in [3.05, 3.63) is 24.2 Å². The average Bonchev–Trinajstić information content (AvgIpc) is 2.37. The summed E-state index contributed by atoms with van der Waals surface area (Å²) >= 11 is 0. The Kier molecular flexibility index (Phi) is 10.4. The van der Waals surface area contributed by atoms with E-state index in [9.17, 15) is 9.59 Å². The molecule has 5 nitrogen and oxygen atoms in total. The number of ether oxygens (including phenoxy) is 1. The van der Waals surface area contributed by atoms with Crippen LogP contribution < -0.4 is 0 Å². The number of carbonyl (C=O) groups excluding carboxylic acids is 2. The first-order chi connectivity index (χ1) is 9.49. The van der Waals surface area contributed by atoms with Crippen molar-refractivity contribution in [2.45, 2.75) is 26.6 Å². The highest BCUT2D eigenvalue weighted by Gasteiger charge is 2.14. The van der Waals surface area contributed by atoms with Crippen LogP contribution in [0.5, 0.6) is 0 Å². The van der Waals surface area contributed by atoms with Crippen LogP contribution in [0.4, 0.5) is 0 Å². The van der Waals surface area contributed by atoms with Crippen molar-refractivity contribution < 1.29 is 19.0 Å². The van der Waals surface area contributed by atoms with E-state index in [-0.39, 0.29) is 31.9 Å². The zero-order chi connectivity index (χ0) is 15.4. The van der Waals surface area contributed by atoms with Crippen molar-refractivity contribution in [3.8, 4) is 0 Å². The van der Waals surface area contributed by atoms with Crippen molar-refractivity contribution in [2.24, 2.45) is 0 Å². The monoisotopic (exact) mass is 281 g/mol. The quantitative estimate of drug-likeness (QED) is 0.366. The molecule has 0 unspecified atom stereocenters. The molecule has 0 aromatic heterocycles. The Hall–Kier alpha value is -1.56. The lowest BCUT2D eigenvalue weighted by Crippen LogP contribution is -2.34. The van der Waals surface area contributed by atoms with Gasteiger partial charge in [-0.1, -0.05) is 37.5 Å². The minimum absolute atomic E-state index is 0.0545. The molecule has 0 aromatic carbocycles. The highest BCUT2D eigenvalue weighted by molar-refractivity contribution is 6.58. The summed E-state index contributed by atoms with van der Waals surface area (Å²) in [5.74, 6) is 1.06. The summed E-state index contributed by atoms with van der Waals surface area (Å²) in [5.41, 5.74) is 0. The van der Waals surface area contributed by atoms with Gasteiger partial charge in [-0.05, 0) is 20.3 Å². The van der Waals surface area contributed by atoms with Crippen LogP contribution in [-0.2, 0) is 19.0 Å². The average molecular weight is 281 g/mol. The normalized spacial score (nSPS) is 11.2. The number of allylic oxidation sites excluding steroid dienone is 3. The molecular formula is C14H24BNO4. The molecular weight excluding hydrogens is 257 g/mol. The molecule has 6 heteroatoms. The van der Waals surface area contributed by atoms with Gasteiger partial charge < -0.3 is 9.39 Å². The summed E-state index contributed by atoms with van der Waals surface area (Å²) in [7, 11) is 2.97. The Bertz CT molecular complexity index is 355. The first-order valence-electron chi connectivity index (χ1n) is 6.77. The highest BCUT2D eigenvalue weighted by atomic mass is 16.5. The number of esters is 1. The number of methoxy groups -OCH3 is 1. The van der Waals surface area contributed by atoms with E-state index in [0.29, 0.717) is 0 Å². The summed E-state index contributed by atoms with van der Waals surface area (Å²) in [4.78, 5) is 24.2. The number of unbranched alkanes of at least 4 members (excludes halogenated alkanes) is 1. The maximum atomic E-state index is 11.6. The Labute approximate surface area is 121 Å². The minimum atomic E-state index is -0.380. The van der Waals surface area contributed by atoms with Crippen LogP contribution in [0.2, 0.25) is 6.82 Å². The SMILES string of the molecule is CCC/C=C\C=C/B(C)OC(=O)CN(C)CC(=O)OC. The van der Waals surface area contributed by atoms with E-state index in [2.05, 4.69) is 17.7 Å². The van der Waals surface area contributed by atoms with Crippen LogP contribution in [0.25, 0.3) is 0 Å². The van der Waals surface area contributed by atoms with Crippen LogP contribution in [-0.4, -0.2) is 51.0 Å². The van der Waals surface area contributed by atoms with Gasteiger partial charge in [-0.15, -0.1) is 0 Å². The van der Waals surface area contributed by atoms with E-state index < -0.39 is 0 Å². The Balaban J connectivity index is 3.98. The van der Waals surface area contributed by atoms with Crippen LogP contribution in [0.1, 0.15) is 19.8 Å². The molecule has 20 heavy (non-hydrogen) atoms. The molecule has 0 N–H and O–H groups in total. The number of likely N-dealkylation sites (N-methyl/N-ethyl adjacent to an activating group) is 1. The van der Waals surface area contributed by atoms with Gasteiger partial charge in [-0.25, -0.2) is 0 Å². The van der Waals surface area contributed by atoms with E-state index in [1.165, 1.54) is 7.11 Å². The van der Waals surface area contributed by atoms with E-state index >= 15 is 0 Å². The van der Waals surface area contributed by atoms with Gasteiger partial charge in [-0.2, -0.15) is 0 Å². The van der Waals surface area contributed by atoms with Gasteiger partial charge in [0.1, 0.15) is 0 Å². The summed E-state index contributed by atoms with van der Waals surface area (Å²) < 4.78 is 9.71. The van der Waals surface area contributed by atoms with Gasteiger partial charge in [0, 0.05) is 0 Å². The Morgan fingerprint density at radius 3 is 2.45 bits per heavy atom. The molecule has 0 aliphatic carbocycles. The molecule has 112 valence electrons. The van der Waals surface area contributed by atoms with Gasteiger partial charge in [0.2, 0.25) is 0 Å². The molecule has 0 fully saturated rings. The van der Waals surface area contributed by atoms with E-state index in [0.717, 1.165) is 12.8 Å². The first-order valence-corrected chi connectivity index (χ1v) is 6.77. The van der Waals surface area contributed by atoms with Crippen molar-refractivity contribution in [1.82, 2.24) is 4.90 Å². The molecule has 0 rings (SSSR count). The molecule has 0 spiro atoms. The molecule has 0 saturated heterocycles. The summed E-state index contributed by atoms with van der Waals surface area (Å²) in [5, 5.41) is 0. The maximum absolute atomic E-state index is 11.6. The second-order valence-electron chi connectivity index (χ2n) is 4.55. The van der Waals surface area contributed by atoms with Crippen LogP contribution >= 0.6 is 0 Å². The van der Waals surface area contributed by atoms with Crippen molar-refractivity contribution in [1.29, 1.82) is 0 Å². The third kappa shape index (κ3) is 10.4. The molecule has 0 atom stereocenters. The molecule has 0 aromatic rings. The molecule has 0 amide bonds. The molecule has 0 aliphatic heterocycles. The third-order valence-corrected chi connectivity index (χ3v) is 2.43. The Morgan fingerprint density at radius 2 is 1.85 bits per heavy atom. The molecule has 0 radical (unpaired) electrons. The number of rotatable bonds is 9. The fraction of sp³-hybridized carbons (Fsp3) is 0.571. The van der Waals surface area contributed by atoms with Gasteiger partial charge in [0.05, 0.1) is 20.2 Å². The second kappa shape index (κ2) is 11.3. The highest BCUT2D eigenvalue weighted by Crippen LogP contribution is 1.94. The standard InChI is InChI=1S/C14H24BNO4/c1-5-6-7-8-9-10-15(2)20-14(18)12-16(3)11-13(17)19-4/h7-10H,5-6,11-12H2,1-4H3/b8-7-,10-9-. The number of carbonyl (C=O) groups is 2. The fourth-order valence-electron chi connectivity index (χ4n) is 1.41. The fourth-order valence-corrected chi connectivity index (χ4v) is 1.41. The largest absolute Gasteiger partial charge is 0.531 e. The maximum Gasteiger partial charge on any atom is 0.384 e. The zero-order valence-corrected chi connectivity index (χ0v) is 12.8. The summed E-state index contributed by atoms with van der Waals surface area (Å²) in [6.45, 7) is 3.74. The van der Waals surface area contributed by atoms with Crippen LogP contribution in [0, 0.1) is 0 Å². The van der Waals surface area contributed by atoms with Gasteiger partial charge in [0.25, 0.3) is 0 Å². The van der Waals surface area contributed by atoms with Crippen molar-refractivity contribution in [3.63, 3.8) is 0 Å². The predicted molar refractivity (Wildman–Crippen MR) is 80.4 cm³/mol. The van der Waals surface area contributed by atoms with Crippen molar-refractivity contribution in [2.75, 3.05) is 27.2 Å². The molecule has 0 heterocycles. The van der Waals surface area contributed by atoms with Gasteiger partial charge in [0.15, 0.2) is 0 Å². The predicted octanol–water partition coefficient (Wildman–Crippen LogP) is 1.71. The smallest absolute Gasteiger partial charge is 0.384 e. The lowest BCUT2D eigenvalue weighted by atomic mass is 9.71. The van der Waals surface area contributed by atoms with Crippen molar-refractivity contribution >= 4 is 18.9 Å². The van der Waals surface area contributed by atoms with E-state index in [4.69, 9.17) is 4.65 Å². The summed E-state index contributed by atoms with van der Waals surface area (Å²) in [6, 6.07) is 0. The molecule has 0 bridgehead atoms. The van der Waals surface area contributed by atoms with Gasteiger partial charge >= 0.3 is 18.9 Å². The Morgan fingerprint density at radius 1 is 1.20 bits per heavy atom. The van der Waals surface area contributed by atoms with Crippen LogP contribution in [0.15, 0.2) is 24.2 Å². The third-order valence-electron chi connectivity index (χ3n) is 2.43. The van der Waals surface area contributed by atoms with Crippen LogP contribution in [0.3, 0.4) is 0 Å². The first kappa shape index (κ1) is 18.4. The van der Waals surface area contributed by atoms with Gasteiger partial charge in [-0.3, -0.25) is 14.5 Å². The molecule has 0 saturated carbocycles. The zero-order valence-electron chi connectivity index (χ0n) is 12.8. The lowest BCUT2D eigenvalue weighted by Gasteiger charge is -2.15. The number of nitrogens with zero attached hydrogens (tertiary/aromatic N) is 1.